The van der Waals surface area contributed by atoms with Crippen LogP contribution in [0.1, 0.15) is 81.1 Å². The second-order valence-corrected chi connectivity index (χ2v) is 12.7. The van der Waals surface area contributed by atoms with Gasteiger partial charge < -0.3 is 39.1 Å². The highest BCUT2D eigenvalue weighted by Crippen LogP contribution is 2.36. The third-order valence-electron chi connectivity index (χ3n) is 7.16. The van der Waals surface area contributed by atoms with E-state index in [2.05, 4.69) is 10.6 Å². The van der Waals surface area contributed by atoms with E-state index in [0.29, 0.717) is 65.2 Å². The molecule has 10 heteroatoms. The Morgan fingerprint density at radius 1 is 0.649 bits per heavy atom. The average molecular weight is 529 g/mol. The van der Waals surface area contributed by atoms with Gasteiger partial charge in [-0.3, -0.25) is 9.59 Å². The van der Waals surface area contributed by atoms with Gasteiger partial charge in [-0.25, -0.2) is 0 Å². The summed E-state index contributed by atoms with van der Waals surface area (Å²) in [6.07, 6.45) is 1.53. The standard InChI is InChI=1S/C27H48N2O8/c1-23(2)17-34-25(5,6)36-19(23)21(30)28-13-9-11-27(32-15-16-33-27)12-10-14-29-22(31)20-24(3,4)18-35-26(7,8)37-20/h19-20H,9-18H2,1-8H3,(H,28,30)(H,29,31). The summed E-state index contributed by atoms with van der Waals surface area (Å²) in [7, 11) is 0. The van der Waals surface area contributed by atoms with Crippen molar-refractivity contribution in [2.24, 2.45) is 10.8 Å². The van der Waals surface area contributed by atoms with Crippen molar-refractivity contribution in [3.8, 4) is 0 Å². The summed E-state index contributed by atoms with van der Waals surface area (Å²) in [5.74, 6) is -2.53. The molecule has 0 radical (unpaired) electrons. The van der Waals surface area contributed by atoms with E-state index in [-0.39, 0.29) is 11.8 Å². The van der Waals surface area contributed by atoms with E-state index in [0.717, 1.165) is 0 Å². The maximum atomic E-state index is 12.9. The van der Waals surface area contributed by atoms with Gasteiger partial charge in [0.15, 0.2) is 17.4 Å². The molecule has 0 bridgehead atoms. The molecule has 2 amide bonds. The maximum absolute atomic E-state index is 12.9. The topological polar surface area (TPSA) is 114 Å². The molecule has 0 aromatic heterocycles. The van der Waals surface area contributed by atoms with Gasteiger partial charge in [-0.1, -0.05) is 27.7 Å². The lowest BCUT2D eigenvalue weighted by molar-refractivity contribution is -0.304. The van der Waals surface area contributed by atoms with E-state index in [9.17, 15) is 9.59 Å². The van der Waals surface area contributed by atoms with Crippen LogP contribution in [0.4, 0.5) is 0 Å². The molecular formula is C27H48N2O8. The first-order chi connectivity index (χ1) is 17.1. The molecule has 0 spiro atoms. The fraction of sp³-hybridized carbons (Fsp3) is 0.926. The van der Waals surface area contributed by atoms with Crippen LogP contribution in [-0.4, -0.2) is 80.9 Å². The highest BCUT2D eigenvalue weighted by atomic mass is 16.7. The Hall–Kier alpha value is -1.30. The van der Waals surface area contributed by atoms with Crippen molar-refractivity contribution >= 4 is 11.8 Å². The summed E-state index contributed by atoms with van der Waals surface area (Å²) in [6.45, 7) is 18.1. The largest absolute Gasteiger partial charge is 0.354 e. The lowest BCUT2D eigenvalue weighted by Gasteiger charge is -2.44. The molecule has 214 valence electrons. The molecule has 3 fully saturated rings. The van der Waals surface area contributed by atoms with Gasteiger partial charge in [0.05, 0.1) is 26.4 Å². The Balaban J connectivity index is 1.41. The van der Waals surface area contributed by atoms with Gasteiger partial charge in [0.1, 0.15) is 12.2 Å². The molecule has 2 unspecified atom stereocenters. The van der Waals surface area contributed by atoms with Crippen LogP contribution < -0.4 is 10.6 Å². The Morgan fingerprint density at radius 3 is 1.41 bits per heavy atom. The van der Waals surface area contributed by atoms with Crippen LogP contribution in [0.5, 0.6) is 0 Å². The number of amides is 2. The second kappa shape index (κ2) is 11.4. The van der Waals surface area contributed by atoms with Crippen molar-refractivity contribution in [2.45, 2.75) is 111 Å². The minimum absolute atomic E-state index is 0.132. The second-order valence-electron chi connectivity index (χ2n) is 12.7. The number of carbonyl (C=O) groups is 2. The van der Waals surface area contributed by atoms with Gasteiger partial charge in [0, 0.05) is 36.8 Å². The van der Waals surface area contributed by atoms with Crippen molar-refractivity contribution in [3.05, 3.63) is 0 Å². The first kappa shape index (κ1) is 30.2. The minimum Gasteiger partial charge on any atom is -0.354 e. The quantitative estimate of drug-likeness (QED) is 0.416. The molecule has 0 aliphatic carbocycles. The highest BCUT2D eigenvalue weighted by molar-refractivity contribution is 5.82. The van der Waals surface area contributed by atoms with E-state index >= 15 is 0 Å². The minimum atomic E-state index is -0.786. The number of hydrogen-bond donors (Lipinski definition) is 2. The van der Waals surface area contributed by atoms with Crippen molar-refractivity contribution < 1.29 is 38.0 Å². The molecule has 0 aromatic carbocycles. The molecule has 3 heterocycles. The lowest BCUT2D eigenvalue weighted by atomic mass is 9.85. The smallest absolute Gasteiger partial charge is 0.249 e. The normalized spacial score (nSPS) is 29.4. The molecule has 2 atom stereocenters. The SMILES string of the molecule is CC1(C)OCC(C)(C)C(C(=O)NCCCC2(CCCNC(=O)C3OC(C)(C)OCC3(C)C)OCCO2)O1. The lowest BCUT2D eigenvalue weighted by Crippen LogP contribution is -2.56. The number of hydrogen-bond acceptors (Lipinski definition) is 8. The van der Waals surface area contributed by atoms with Gasteiger partial charge in [-0.2, -0.15) is 0 Å². The van der Waals surface area contributed by atoms with Crippen LogP contribution in [0.15, 0.2) is 0 Å². The van der Waals surface area contributed by atoms with Gasteiger partial charge in [-0.05, 0) is 40.5 Å². The van der Waals surface area contributed by atoms with Crippen molar-refractivity contribution in [1.82, 2.24) is 10.6 Å². The fourth-order valence-electron chi connectivity index (χ4n) is 4.88. The van der Waals surface area contributed by atoms with Crippen LogP contribution in [0.3, 0.4) is 0 Å². The Kier molecular flexibility index (Phi) is 9.35. The summed E-state index contributed by atoms with van der Waals surface area (Å²) in [5.41, 5.74) is -0.826. The van der Waals surface area contributed by atoms with E-state index in [1.807, 2.05) is 55.4 Å². The molecule has 3 rings (SSSR count). The monoisotopic (exact) mass is 528 g/mol. The number of rotatable bonds is 10. The highest BCUT2D eigenvalue weighted by Gasteiger charge is 2.47. The molecule has 37 heavy (non-hydrogen) atoms. The molecule has 3 aliphatic rings. The number of carbonyl (C=O) groups excluding carboxylic acids is 2. The van der Waals surface area contributed by atoms with Crippen LogP contribution in [0.25, 0.3) is 0 Å². The van der Waals surface area contributed by atoms with Gasteiger partial charge in [-0.15, -0.1) is 0 Å². The van der Waals surface area contributed by atoms with Crippen molar-refractivity contribution in [1.29, 1.82) is 0 Å². The Morgan fingerprint density at radius 2 is 1.03 bits per heavy atom. The van der Waals surface area contributed by atoms with Crippen LogP contribution in [0, 0.1) is 10.8 Å². The molecule has 10 nitrogen and oxygen atoms in total. The van der Waals surface area contributed by atoms with Crippen LogP contribution in [0.2, 0.25) is 0 Å². The van der Waals surface area contributed by atoms with E-state index in [4.69, 9.17) is 28.4 Å². The first-order valence-electron chi connectivity index (χ1n) is 13.5. The molecular weight excluding hydrogens is 480 g/mol. The predicted molar refractivity (Wildman–Crippen MR) is 136 cm³/mol. The maximum Gasteiger partial charge on any atom is 0.249 e. The summed E-state index contributed by atoms with van der Waals surface area (Å²) in [4.78, 5) is 25.7. The van der Waals surface area contributed by atoms with Crippen LogP contribution in [-0.2, 0) is 38.0 Å². The third-order valence-corrected chi connectivity index (χ3v) is 7.16. The zero-order valence-electron chi connectivity index (χ0n) is 24.0. The van der Waals surface area contributed by atoms with E-state index in [1.165, 1.54) is 0 Å². The first-order valence-corrected chi connectivity index (χ1v) is 13.5. The van der Waals surface area contributed by atoms with E-state index < -0.39 is 40.4 Å². The Labute approximate surface area is 221 Å². The summed E-state index contributed by atoms with van der Waals surface area (Å²) in [5, 5.41) is 6.02. The number of nitrogens with one attached hydrogen (secondary N) is 2. The van der Waals surface area contributed by atoms with Gasteiger partial charge in [0.2, 0.25) is 11.8 Å². The number of ether oxygens (including phenoxy) is 6. The Bertz CT molecular complexity index is 744. The zero-order chi connectivity index (χ0) is 27.5. The summed E-state index contributed by atoms with van der Waals surface area (Å²) in [6, 6.07) is 0. The third kappa shape index (κ3) is 8.10. The molecule has 3 aliphatic heterocycles. The predicted octanol–water partition coefficient (Wildman–Crippen LogP) is 2.88. The fourth-order valence-corrected chi connectivity index (χ4v) is 4.88. The summed E-state index contributed by atoms with van der Waals surface area (Å²) >= 11 is 0. The zero-order valence-corrected chi connectivity index (χ0v) is 24.0. The summed E-state index contributed by atoms with van der Waals surface area (Å²) < 4.78 is 35.2. The van der Waals surface area contributed by atoms with Gasteiger partial charge in [0.25, 0.3) is 0 Å². The molecule has 2 N–H and O–H groups in total. The molecule has 3 saturated heterocycles. The van der Waals surface area contributed by atoms with Crippen molar-refractivity contribution in [2.75, 3.05) is 39.5 Å². The average Bonchev–Trinajstić information content (AvgIpc) is 3.27. The molecule has 0 saturated carbocycles. The van der Waals surface area contributed by atoms with E-state index in [1.54, 1.807) is 0 Å². The van der Waals surface area contributed by atoms with Gasteiger partial charge >= 0.3 is 0 Å². The van der Waals surface area contributed by atoms with Crippen molar-refractivity contribution in [3.63, 3.8) is 0 Å². The van der Waals surface area contributed by atoms with Crippen LogP contribution >= 0.6 is 0 Å². The molecule has 0 aromatic rings.